The number of nitrogens with zero attached hydrogens (tertiary/aromatic N) is 3. The lowest BCUT2D eigenvalue weighted by Crippen LogP contribution is -2.20. The van der Waals surface area contributed by atoms with Crippen LogP contribution in [0.5, 0.6) is 11.5 Å². The molecular weight excluding hydrogens is 615 g/mol. The van der Waals surface area contributed by atoms with Crippen molar-refractivity contribution in [2.24, 2.45) is 11.8 Å². The molecule has 10 rings (SSSR count). The molecule has 0 N–H and O–H groups in total. The minimum absolute atomic E-state index is 0.200. The normalized spacial score (nSPS) is 18.9. The van der Waals surface area contributed by atoms with E-state index in [1.807, 2.05) is 48.5 Å². The molecule has 5 nitrogen and oxygen atoms in total. The SMILES string of the molecule is Cc1cc(-c2ccccc2)ccc1-c1nc(-c2ccccc2)nc(-c2ccc3c(c2)C2(c4ccc5c(oc6ccccc65)c4O3)C(C)[C@@H]2C)n1. The van der Waals surface area contributed by atoms with E-state index < -0.39 is 0 Å². The van der Waals surface area contributed by atoms with Crippen LogP contribution < -0.4 is 4.74 Å². The fourth-order valence-electron chi connectivity index (χ4n) is 8.35. The summed E-state index contributed by atoms with van der Waals surface area (Å²) in [7, 11) is 0. The van der Waals surface area contributed by atoms with Gasteiger partial charge in [-0.05, 0) is 65.8 Å². The molecule has 2 aliphatic rings. The molecule has 8 aromatic rings. The summed E-state index contributed by atoms with van der Waals surface area (Å²) in [5.74, 6) is 4.46. The third-order valence-corrected chi connectivity index (χ3v) is 11.2. The maximum Gasteiger partial charge on any atom is 0.178 e. The van der Waals surface area contributed by atoms with Crippen LogP contribution in [0, 0.1) is 18.8 Å². The Morgan fingerprint density at radius 1 is 0.540 bits per heavy atom. The van der Waals surface area contributed by atoms with Gasteiger partial charge in [0, 0.05) is 44.0 Å². The highest BCUT2D eigenvalue weighted by Crippen LogP contribution is 2.70. The molecule has 3 atom stereocenters. The maximum atomic E-state index is 6.79. The largest absolute Gasteiger partial charge is 0.453 e. The van der Waals surface area contributed by atoms with Gasteiger partial charge < -0.3 is 9.15 Å². The summed E-state index contributed by atoms with van der Waals surface area (Å²) in [6.45, 7) is 6.81. The van der Waals surface area contributed by atoms with E-state index in [2.05, 4.69) is 106 Å². The Kier molecular flexibility index (Phi) is 6.19. The van der Waals surface area contributed by atoms with Crippen LogP contribution in [0.2, 0.25) is 0 Å². The van der Waals surface area contributed by atoms with Gasteiger partial charge in [0.25, 0.3) is 0 Å². The van der Waals surface area contributed by atoms with Crippen molar-refractivity contribution in [2.75, 3.05) is 0 Å². The van der Waals surface area contributed by atoms with E-state index >= 15 is 0 Å². The van der Waals surface area contributed by atoms with Crippen molar-refractivity contribution in [1.29, 1.82) is 0 Å². The molecule has 1 aliphatic carbocycles. The number of rotatable bonds is 4. The summed E-state index contributed by atoms with van der Waals surface area (Å²) < 4.78 is 13.2. The standard InChI is InChI=1S/C45H33N3O2/c1-26-24-31(29-12-6-4-7-13-29)18-20-33(26)44-47-42(30-14-8-5-9-15-30)46-43(48-44)32-19-23-39-37(25-32)45(27(2)28(45)3)36-22-21-35-34-16-10-11-17-38(34)49-40(35)41(36)50-39/h4-25,27-28H,1-3H3/t27-,28?,45?/m0/s1. The van der Waals surface area contributed by atoms with Gasteiger partial charge >= 0.3 is 0 Å². The molecule has 0 saturated heterocycles. The predicted octanol–water partition coefficient (Wildman–Crippen LogP) is 11.4. The Balaban J connectivity index is 1.12. The Hall–Kier alpha value is -6.07. The van der Waals surface area contributed by atoms with E-state index in [9.17, 15) is 0 Å². The number of hydrogen-bond donors (Lipinski definition) is 0. The minimum atomic E-state index is -0.200. The van der Waals surface area contributed by atoms with Gasteiger partial charge in [-0.3, -0.25) is 0 Å². The third kappa shape index (κ3) is 4.16. The Morgan fingerprint density at radius 3 is 1.94 bits per heavy atom. The van der Waals surface area contributed by atoms with Crippen LogP contribution in [0.3, 0.4) is 0 Å². The third-order valence-electron chi connectivity index (χ3n) is 11.2. The highest BCUT2D eigenvalue weighted by atomic mass is 16.5. The molecule has 50 heavy (non-hydrogen) atoms. The highest BCUT2D eigenvalue weighted by Gasteiger charge is 2.65. The number of para-hydroxylation sites is 1. The molecular formula is C45H33N3O2. The molecule has 1 aliphatic heterocycles. The van der Waals surface area contributed by atoms with Gasteiger partial charge in [-0.1, -0.05) is 117 Å². The lowest BCUT2D eigenvalue weighted by atomic mass is 9.80. The number of hydrogen-bond acceptors (Lipinski definition) is 5. The highest BCUT2D eigenvalue weighted by molar-refractivity contribution is 6.07. The van der Waals surface area contributed by atoms with Crippen molar-refractivity contribution < 1.29 is 9.15 Å². The van der Waals surface area contributed by atoms with Crippen LogP contribution in [0.25, 0.3) is 67.2 Å². The zero-order valence-corrected chi connectivity index (χ0v) is 28.0. The van der Waals surface area contributed by atoms with Crippen LogP contribution in [0.1, 0.15) is 30.5 Å². The first-order valence-corrected chi connectivity index (χ1v) is 17.3. The molecule has 6 aromatic carbocycles. The van der Waals surface area contributed by atoms with Crippen molar-refractivity contribution in [3.63, 3.8) is 0 Å². The molecule has 1 fully saturated rings. The zero-order chi connectivity index (χ0) is 33.6. The molecule has 0 amide bonds. The first-order valence-electron chi connectivity index (χ1n) is 17.3. The Labute approximate surface area is 290 Å². The molecule has 0 radical (unpaired) electrons. The summed E-state index contributed by atoms with van der Waals surface area (Å²) in [4.78, 5) is 15.3. The van der Waals surface area contributed by atoms with Gasteiger partial charge in [-0.15, -0.1) is 0 Å². The lowest BCUT2D eigenvalue weighted by molar-refractivity contribution is 0.430. The number of benzene rings is 6. The molecule has 2 unspecified atom stereocenters. The van der Waals surface area contributed by atoms with E-state index in [4.69, 9.17) is 24.1 Å². The van der Waals surface area contributed by atoms with Crippen LogP contribution >= 0.6 is 0 Å². The molecule has 240 valence electrons. The van der Waals surface area contributed by atoms with Crippen LogP contribution in [0.4, 0.5) is 0 Å². The maximum absolute atomic E-state index is 6.79. The summed E-state index contributed by atoms with van der Waals surface area (Å²) in [6, 6.07) is 46.1. The van der Waals surface area contributed by atoms with Crippen LogP contribution in [0.15, 0.2) is 138 Å². The first-order chi connectivity index (χ1) is 24.5. The van der Waals surface area contributed by atoms with Gasteiger partial charge in [-0.2, -0.15) is 0 Å². The van der Waals surface area contributed by atoms with Crippen molar-refractivity contribution in [3.05, 3.63) is 150 Å². The Bertz CT molecular complexity index is 2620. The fraction of sp³-hybridized carbons (Fsp3) is 0.133. The second kappa shape index (κ2) is 10.7. The van der Waals surface area contributed by atoms with Crippen LogP contribution in [-0.4, -0.2) is 15.0 Å². The topological polar surface area (TPSA) is 61.0 Å². The first kappa shape index (κ1) is 28.9. The number of fused-ring (bicyclic) bond motifs is 8. The average molecular weight is 648 g/mol. The van der Waals surface area contributed by atoms with E-state index in [0.717, 1.165) is 61.3 Å². The molecule has 2 aromatic heterocycles. The van der Waals surface area contributed by atoms with Crippen LogP contribution in [-0.2, 0) is 5.41 Å². The van der Waals surface area contributed by atoms with Gasteiger partial charge in [0.1, 0.15) is 11.3 Å². The fourth-order valence-corrected chi connectivity index (χ4v) is 8.35. The second-order valence-corrected chi connectivity index (χ2v) is 13.7. The van der Waals surface area contributed by atoms with E-state index in [-0.39, 0.29) is 5.41 Å². The summed E-state index contributed by atoms with van der Waals surface area (Å²) in [5.41, 5.74) is 10.2. The van der Waals surface area contributed by atoms with Crippen molar-refractivity contribution in [1.82, 2.24) is 15.0 Å². The average Bonchev–Trinajstić information content (AvgIpc) is 3.48. The van der Waals surface area contributed by atoms with Gasteiger partial charge in [0.05, 0.1) is 0 Å². The smallest absolute Gasteiger partial charge is 0.178 e. The van der Waals surface area contributed by atoms with Gasteiger partial charge in [0.2, 0.25) is 0 Å². The summed E-state index contributed by atoms with van der Waals surface area (Å²) in [6.07, 6.45) is 0. The second-order valence-electron chi connectivity index (χ2n) is 13.7. The molecule has 5 heteroatoms. The quantitative estimate of drug-likeness (QED) is 0.190. The number of aryl methyl sites for hydroxylation is 1. The monoisotopic (exact) mass is 647 g/mol. The number of furan rings is 1. The molecule has 1 spiro atoms. The molecule has 1 saturated carbocycles. The van der Waals surface area contributed by atoms with E-state index in [0.29, 0.717) is 29.3 Å². The summed E-state index contributed by atoms with van der Waals surface area (Å²) in [5, 5.41) is 2.18. The predicted molar refractivity (Wildman–Crippen MR) is 199 cm³/mol. The van der Waals surface area contributed by atoms with Crippen molar-refractivity contribution in [2.45, 2.75) is 26.2 Å². The van der Waals surface area contributed by atoms with E-state index in [1.165, 1.54) is 16.7 Å². The number of ether oxygens (including phenoxy) is 1. The lowest BCUT2D eigenvalue weighted by Gasteiger charge is -2.30. The van der Waals surface area contributed by atoms with E-state index in [1.54, 1.807) is 0 Å². The summed E-state index contributed by atoms with van der Waals surface area (Å²) >= 11 is 0. The number of aromatic nitrogens is 3. The minimum Gasteiger partial charge on any atom is -0.453 e. The Morgan fingerprint density at radius 2 is 1.20 bits per heavy atom. The van der Waals surface area contributed by atoms with Gasteiger partial charge in [-0.25, -0.2) is 15.0 Å². The van der Waals surface area contributed by atoms with Crippen molar-refractivity contribution >= 4 is 21.9 Å². The van der Waals surface area contributed by atoms with Gasteiger partial charge in [0.15, 0.2) is 28.8 Å². The van der Waals surface area contributed by atoms with Crippen molar-refractivity contribution in [3.8, 4) is 56.8 Å². The molecule has 0 bridgehead atoms. The molecule has 3 heterocycles. The zero-order valence-electron chi connectivity index (χ0n) is 28.0.